The van der Waals surface area contributed by atoms with Crippen molar-refractivity contribution in [2.75, 3.05) is 26.4 Å². The summed E-state index contributed by atoms with van der Waals surface area (Å²) in [6.07, 6.45) is 0. The van der Waals surface area contributed by atoms with Gasteiger partial charge in [0.25, 0.3) is 0 Å². The summed E-state index contributed by atoms with van der Waals surface area (Å²) in [5.41, 5.74) is 5.32. The molecular formula is C13H19ClN2O5. The Labute approximate surface area is 129 Å². The van der Waals surface area contributed by atoms with Gasteiger partial charge >= 0.3 is 11.9 Å². The first-order valence-corrected chi connectivity index (χ1v) is 6.31. The number of aromatic nitrogens is 1. The number of nitrogens with two attached hydrogens (primary N) is 1. The highest BCUT2D eigenvalue weighted by molar-refractivity contribution is 5.92. The van der Waals surface area contributed by atoms with Crippen molar-refractivity contribution in [1.82, 2.24) is 4.98 Å². The van der Waals surface area contributed by atoms with Crippen molar-refractivity contribution in [2.24, 2.45) is 5.73 Å². The molecule has 0 unspecified atom stereocenters. The summed E-state index contributed by atoms with van der Waals surface area (Å²) >= 11 is 0. The van der Waals surface area contributed by atoms with E-state index in [1.165, 1.54) is 12.1 Å². The molecular weight excluding hydrogens is 300 g/mol. The number of hydrogen-bond acceptors (Lipinski definition) is 7. The van der Waals surface area contributed by atoms with Crippen LogP contribution in [0.5, 0.6) is 5.75 Å². The van der Waals surface area contributed by atoms with Crippen LogP contribution >= 0.6 is 12.4 Å². The Hall–Kier alpha value is -1.86. The van der Waals surface area contributed by atoms with Crippen molar-refractivity contribution in [3.8, 4) is 5.75 Å². The summed E-state index contributed by atoms with van der Waals surface area (Å²) in [6, 6.07) is 2.80. The van der Waals surface area contributed by atoms with Crippen LogP contribution in [0.4, 0.5) is 0 Å². The van der Waals surface area contributed by atoms with E-state index in [0.717, 1.165) is 0 Å². The molecule has 8 heteroatoms. The lowest BCUT2D eigenvalue weighted by atomic mass is 10.2. The first-order valence-electron chi connectivity index (χ1n) is 6.31. The smallest absolute Gasteiger partial charge is 0.357 e. The first kappa shape index (κ1) is 19.1. The van der Waals surface area contributed by atoms with Crippen molar-refractivity contribution in [2.45, 2.75) is 13.8 Å². The van der Waals surface area contributed by atoms with Gasteiger partial charge in [-0.15, -0.1) is 12.4 Å². The number of nitrogens with zero attached hydrogens (tertiary/aromatic N) is 1. The zero-order valence-electron chi connectivity index (χ0n) is 12.0. The van der Waals surface area contributed by atoms with E-state index in [1.807, 2.05) is 0 Å². The predicted molar refractivity (Wildman–Crippen MR) is 77.9 cm³/mol. The molecule has 0 saturated heterocycles. The van der Waals surface area contributed by atoms with E-state index in [-0.39, 0.29) is 43.6 Å². The molecule has 0 saturated carbocycles. The van der Waals surface area contributed by atoms with Crippen LogP contribution in [-0.2, 0) is 9.47 Å². The van der Waals surface area contributed by atoms with Crippen molar-refractivity contribution >= 4 is 24.3 Å². The number of esters is 2. The standard InChI is InChI=1S/C13H18N2O5.ClH/c1-3-18-12(16)10-7-9(20-6-5-14)8-11(15-10)13(17)19-4-2;/h7-8H,3-6,14H2,1-2H3;1H. The normalized spacial score (nSPS) is 9.48. The van der Waals surface area contributed by atoms with Crippen LogP contribution in [-0.4, -0.2) is 43.3 Å². The highest BCUT2D eigenvalue weighted by Gasteiger charge is 2.17. The molecule has 0 fully saturated rings. The Morgan fingerprint density at radius 2 is 1.57 bits per heavy atom. The molecule has 0 amide bonds. The molecule has 1 heterocycles. The minimum absolute atomic E-state index is 0. The van der Waals surface area contributed by atoms with Crippen LogP contribution < -0.4 is 10.5 Å². The van der Waals surface area contributed by atoms with Gasteiger partial charge in [0.15, 0.2) is 11.4 Å². The molecule has 1 aromatic heterocycles. The van der Waals surface area contributed by atoms with E-state index in [4.69, 9.17) is 19.9 Å². The lowest BCUT2D eigenvalue weighted by Gasteiger charge is -2.09. The van der Waals surface area contributed by atoms with E-state index in [9.17, 15) is 9.59 Å². The molecule has 0 atom stereocenters. The number of rotatable bonds is 7. The van der Waals surface area contributed by atoms with Gasteiger partial charge in [0.2, 0.25) is 0 Å². The Morgan fingerprint density at radius 3 is 1.95 bits per heavy atom. The van der Waals surface area contributed by atoms with Crippen molar-refractivity contribution in [3.05, 3.63) is 23.5 Å². The van der Waals surface area contributed by atoms with E-state index in [1.54, 1.807) is 13.8 Å². The van der Waals surface area contributed by atoms with Gasteiger partial charge in [0, 0.05) is 18.7 Å². The fraction of sp³-hybridized carbons (Fsp3) is 0.462. The molecule has 0 aliphatic rings. The summed E-state index contributed by atoms with van der Waals surface area (Å²) in [5, 5.41) is 0. The SMILES string of the molecule is CCOC(=O)c1cc(OCCN)cc(C(=O)OCC)n1.Cl. The Bertz CT molecular complexity index is 445. The predicted octanol–water partition coefficient (Wildman–Crippen LogP) is 1.19. The summed E-state index contributed by atoms with van der Waals surface area (Å²) in [6.45, 7) is 4.35. The molecule has 7 nitrogen and oxygen atoms in total. The second-order valence-corrected chi connectivity index (χ2v) is 3.65. The number of carbonyl (C=O) groups excluding carboxylic acids is 2. The van der Waals surface area contributed by atoms with Crippen LogP contribution in [0.25, 0.3) is 0 Å². The van der Waals surface area contributed by atoms with Crippen LogP contribution in [0, 0.1) is 0 Å². The highest BCUT2D eigenvalue weighted by Crippen LogP contribution is 2.16. The number of halogens is 1. The minimum Gasteiger partial charge on any atom is -0.492 e. The van der Waals surface area contributed by atoms with Gasteiger partial charge in [-0.05, 0) is 13.8 Å². The Kier molecular flexibility index (Phi) is 9.07. The lowest BCUT2D eigenvalue weighted by molar-refractivity contribution is 0.0510. The third kappa shape index (κ3) is 5.97. The number of carbonyl (C=O) groups is 2. The molecule has 0 spiro atoms. The average Bonchev–Trinajstić information content (AvgIpc) is 2.45. The maximum absolute atomic E-state index is 11.7. The third-order valence-corrected chi connectivity index (χ3v) is 2.15. The second kappa shape index (κ2) is 9.95. The van der Waals surface area contributed by atoms with Crippen molar-refractivity contribution < 1.29 is 23.8 Å². The van der Waals surface area contributed by atoms with Gasteiger partial charge in [0.1, 0.15) is 12.4 Å². The van der Waals surface area contributed by atoms with Crippen LogP contribution in [0.2, 0.25) is 0 Å². The fourth-order valence-corrected chi connectivity index (χ4v) is 1.38. The van der Waals surface area contributed by atoms with Gasteiger partial charge in [-0.25, -0.2) is 14.6 Å². The molecule has 0 aromatic carbocycles. The largest absolute Gasteiger partial charge is 0.492 e. The molecule has 0 radical (unpaired) electrons. The zero-order chi connectivity index (χ0) is 15.0. The topological polar surface area (TPSA) is 101 Å². The first-order chi connectivity index (χ1) is 9.62. The summed E-state index contributed by atoms with van der Waals surface area (Å²) in [7, 11) is 0. The molecule has 0 aliphatic carbocycles. The molecule has 1 rings (SSSR count). The molecule has 0 bridgehead atoms. The monoisotopic (exact) mass is 318 g/mol. The van der Waals surface area contributed by atoms with Gasteiger partial charge in [-0.3, -0.25) is 0 Å². The molecule has 2 N–H and O–H groups in total. The highest BCUT2D eigenvalue weighted by atomic mass is 35.5. The van der Waals surface area contributed by atoms with Crippen LogP contribution in [0.15, 0.2) is 12.1 Å². The Morgan fingerprint density at radius 1 is 1.10 bits per heavy atom. The van der Waals surface area contributed by atoms with E-state index >= 15 is 0 Å². The van der Waals surface area contributed by atoms with Gasteiger partial charge in [-0.2, -0.15) is 0 Å². The fourth-order valence-electron chi connectivity index (χ4n) is 1.38. The minimum atomic E-state index is -0.628. The molecule has 21 heavy (non-hydrogen) atoms. The summed E-state index contributed by atoms with van der Waals surface area (Å²) in [5.74, 6) is -0.941. The molecule has 1 aromatic rings. The molecule has 0 aliphatic heterocycles. The third-order valence-electron chi connectivity index (χ3n) is 2.15. The average molecular weight is 319 g/mol. The lowest BCUT2D eigenvalue weighted by Crippen LogP contribution is -2.15. The Balaban J connectivity index is 0.00000400. The van der Waals surface area contributed by atoms with Gasteiger partial charge in [-0.1, -0.05) is 0 Å². The quantitative estimate of drug-likeness (QED) is 0.753. The number of ether oxygens (including phenoxy) is 3. The van der Waals surface area contributed by atoms with Crippen molar-refractivity contribution in [3.63, 3.8) is 0 Å². The van der Waals surface area contributed by atoms with Gasteiger partial charge in [0.05, 0.1) is 13.2 Å². The van der Waals surface area contributed by atoms with E-state index in [0.29, 0.717) is 12.3 Å². The number of hydrogen-bond donors (Lipinski definition) is 1. The van der Waals surface area contributed by atoms with Crippen LogP contribution in [0.1, 0.15) is 34.8 Å². The van der Waals surface area contributed by atoms with E-state index in [2.05, 4.69) is 4.98 Å². The van der Waals surface area contributed by atoms with Crippen LogP contribution in [0.3, 0.4) is 0 Å². The number of pyridine rings is 1. The summed E-state index contributed by atoms with van der Waals surface area (Å²) in [4.78, 5) is 27.3. The van der Waals surface area contributed by atoms with Gasteiger partial charge < -0.3 is 19.9 Å². The maximum Gasteiger partial charge on any atom is 0.357 e. The maximum atomic E-state index is 11.7. The van der Waals surface area contributed by atoms with Crippen molar-refractivity contribution in [1.29, 1.82) is 0 Å². The summed E-state index contributed by atoms with van der Waals surface area (Å²) < 4.78 is 15.0. The molecule has 118 valence electrons. The zero-order valence-corrected chi connectivity index (χ0v) is 12.8. The second-order valence-electron chi connectivity index (χ2n) is 3.65. The van der Waals surface area contributed by atoms with E-state index < -0.39 is 11.9 Å².